The van der Waals surface area contributed by atoms with Crippen LogP contribution in [0.2, 0.25) is 0 Å². The highest BCUT2D eigenvalue weighted by molar-refractivity contribution is 5.95. The van der Waals surface area contributed by atoms with E-state index in [1.165, 1.54) is 16.9 Å². The molecule has 34 heavy (non-hydrogen) atoms. The van der Waals surface area contributed by atoms with Gasteiger partial charge in [0.05, 0.1) is 13.2 Å². The fourth-order valence-electron chi connectivity index (χ4n) is 4.05. The second kappa shape index (κ2) is 10.3. The molecular formula is C23H28F2N4O5. The molecule has 1 aliphatic heterocycles. The molecule has 0 bridgehead atoms. The Bertz CT molecular complexity index is 1120. The van der Waals surface area contributed by atoms with Crippen LogP contribution in [0.3, 0.4) is 0 Å². The molecule has 2 aliphatic rings. The number of rotatable bonds is 8. The molecule has 0 saturated carbocycles. The number of carbonyl (C=O) groups is 2. The molecule has 1 aromatic heterocycles. The van der Waals surface area contributed by atoms with Crippen LogP contribution in [0.15, 0.2) is 46.4 Å². The van der Waals surface area contributed by atoms with Crippen LogP contribution in [0.25, 0.3) is 0 Å². The highest BCUT2D eigenvalue weighted by Crippen LogP contribution is 2.28. The Morgan fingerprint density at radius 2 is 2.09 bits per heavy atom. The lowest BCUT2D eigenvalue weighted by Crippen LogP contribution is -2.63. The summed E-state index contributed by atoms with van der Waals surface area (Å²) < 4.78 is 34.4. The molecule has 1 aromatic rings. The number of ether oxygens (including phenoxy) is 1. The minimum Gasteiger partial charge on any atom is -0.503 e. The lowest BCUT2D eigenvalue weighted by Gasteiger charge is -2.46. The van der Waals surface area contributed by atoms with E-state index in [0.717, 1.165) is 12.2 Å². The maximum Gasteiger partial charge on any atom is 0.257 e. The lowest BCUT2D eigenvalue weighted by atomic mass is 10.1. The SMILES string of the molecule is CCN(C)C1(N(C)n2cc(C(=O)NCC3=C(F)CC=C(F)C=C3)c(=O)c(O)c2C=O)CCOC1. The topological polar surface area (TPSA) is 104 Å². The van der Waals surface area contributed by atoms with Gasteiger partial charge in [-0.15, -0.1) is 0 Å². The van der Waals surface area contributed by atoms with Crippen LogP contribution in [-0.2, 0) is 4.74 Å². The molecule has 3 rings (SSSR count). The number of likely N-dealkylation sites (N-methyl/N-ethyl adjacent to an activating group) is 2. The molecule has 1 saturated heterocycles. The Kier molecular flexibility index (Phi) is 7.68. The van der Waals surface area contributed by atoms with Crippen molar-refractivity contribution in [2.24, 2.45) is 0 Å². The number of aldehydes is 1. The first-order chi connectivity index (χ1) is 16.2. The average Bonchev–Trinajstić information content (AvgIpc) is 3.28. The van der Waals surface area contributed by atoms with Crippen molar-refractivity contribution in [2.75, 3.05) is 45.4 Å². The Morgan fingerprint density at radius 3 is 2.71 bits per heavy atom. The van der Waals surface area contributed by atoms with Gasteiger partial charge >= 0.3 is 0 Å². The van der Waals surface area contributed by atoms with E-state index in [1.807, 2.05) is 18.9 Å². The van der Waals surface area contributed by atoms with Crippen molar-refractivity contribution in [3.05, 3.63) is 63.1 Å². The van der Waals surface area contributed by atoms with Gasteiger partial charge in [0, 0.05) is 38.2 Å². The maximum atomic E-state index is 14.2. The third kappa shape index (κ3) is 4.66. The van der Waals surface area contributed by atoms with Crippen LogP contribution >= 0.6 is 0 Å². The number of nitrogens with zero attached hydrogens (tertiary/aromatic N) is 3. The number of aromatic nitrogens is 1. The number of hydrogen-bond donors (Lipinski definition) is 2. The molecule has 1 unspecified atom stereocenters. The molecule has 0 spiro atoms. The number of allylic oxidation sites excluding steroid dienone is 4. The molecule has 1 fully saturated rings. The van der Waals surface area contributed by atoms with E-state index in [2.05, 4.69) is 5.32 Å². The van der Waals surface area contributed by atoms with Gasteiger partial charge in [0.2, 0.25) is 5.43 Å². The molecule has 2 heterocycles. The Balaban J connectivity index is 1.97. The van der Waals surface area contributed by atoms with Gasteiger partial charge in [0.25, 0.3) is 5.91 Å². The summed E-state index contributed by atoms with van der Waals surface area (Å²) in [5, 5.41) is 14.5. The first-order valence-electron chi connectivity index (χ1n) is 10.8. The second-order valence-corrected chi connectivity index (χ2v) is 8.13. The summed E-state index contributed by atoms with van der Waals surface area (Å²) in [5.41, 5.74) is -2.44. The third-order valence-electron chi connectivity index (χ3n) is 6.36. The molecule has 1 amide bonds. The van der Waals surface area contributed by atoms with Crippen LogP contribution < -0.4 is 15.8 Å². The predicted octanol–water partition coefficient (Wildman–Crippen LogP) is 1.77. The van der Waals surface area contributed by atoms with Gasteiger partial charge in [-0.05, 0) is 25.7 Å². The van der Waals surface area contributed by atoms with Crippen LogP contribution in [0.1, 0.15) is 40.6 Å². The van der Waals surface area contributed by atoms with Crippen molar-refractivity contribution in [3.8, 4) is 5.75 Å². The third-order valence-corrected chi connectivity index (χ3v) is 6.36. The van der Waals surface area contributed by atoms with Crippen LogP contribution in [0.5, 0.6) is 5.75 Å². The first kappa shape index (κ1) is 25.3. The van der Waals surface area contributed by atoms with E-state index in [-0.39, 0.29) is 24.2 Å². The fraction of sp³-hybridized carbons (Fsp3) is 0.435. The fourth-order valence-corrected chi connectivity index (χ4v) is 4.05. The van der Waals surface area contributed by atoms with Crippen molar-refractivity contribution < 1.29 is 28.2 Å². The summed E-state index contributed by atoms with van der Waals surface area (Å²) in [6.45, 7) is 3.06. The molecule has 0 aromatic carbocycles. The van der Waals surface area contributed by atoms with Crippen LogP contribution in [-0.4, -0.2) is 72.9 Å². The van der Waals surface area contributed by atoms with Gasteiger partial charge in [-0.2, -0.15) is 0 Å². The molecular weight excluding hydrogens is 450 g/mol. The van der Waals surface area contributed by atoms with Crippen molar-refractivity contribution in [1.82, 2.24) is 14.9 Å². The quantitative estimate of drug-likeness (QED) is 0.434. The summed E-state index contributed by atoms with van der Waals surface area (Å²) in [5.74, 6) is -2.98. The largest absolute Gasteiger partial charge is 0.503 e. The number of hydrogen-bond acceptors (Lipinski definition) is 7. The standard InChI is InChI=1S/C23H28F2N4O5/c1-4-27(2)23(9-10-34-14-23)28(3)29-12-17(20(31)21(32)19(29)13-30)22(33)26-11-15-5-6-16(24)7-8-18(15)25/h5-7,12-13,32H,4,8-11,14H2,1-3H3,(H,26,33). The molecule has 0 radical (unpaired) electrons. The number of pyridine rings is 1. The molecule has 1 atom stereocenters. The lowest BCUT2D eigenvalue weighted by molar-refractivity contribution is 0.0729. The maximum absolute atomic E-state index is 14.2. The number of nitrogens with one attached hydrogen (secondary N) is 1. The minimum absolute atomic E-state index is 0.0510. The second-order valence-electron chi connectivity index (χ2n) is 8.13. The van der Waals surface area contributed by atoms with E-state index in [1.54, 1.807) is 12.1 Å². The number of amides is 1. The summed E-state index contributed by atoms with van der Waals surface area (Å²) in [4.78, 5) is 39.3. The van der Waals surface area contributed by atoms with Gasteiger partial charge < -0.3 is 15.2 Å². The number of carbonyl (C=O) groups excluding carboxylic acids is 2. The Morgan fingerprint density at radius 1 is 1.35 bits per heavy atom. The van der Waals surface area contributed by atoms with E-state index in [0.29, 0.717) is 32.5 Å². The zero-order valence-corrected chi connectivity index (χ0v) is 19.3. The van der Waals surface area contributed by atoms with E-state index < -0.39 is 40.0 Å². The van der Waals surface area contributed by atoms with Crippen LogP contribution in [0.4, 0.5) is 8.78 Å². The Hall–Kier alpha value is -3.31. The zero-order chi connectivity index (χ0) is 25.0. The highest BCUT2D eigenvalue weighted by Gasteiger charge is 2.43. The normalized spacial score (nSPS) is 20.4. The molecule has 1 aliphatic carbocycles. The summed E-state index contributed by atoms with van der Waals surface area (Å²) in [6, 6.07) is 0. The van der Waals surface area contributed by atoms with E-state index in [4.69, 9.17) is 4.74 Å². The van der Waals surface area contributed by atoms with Gasteiger partial charge in [-0.25, -0.2) is 8.78 Å². The average molecular weight is 478 g/mol. The summed E-state index contributed by atoms with van der Waals surface area (Å²) in [6.07, 6.45) is 5.17. The van der Waals surface area contributed by atoms with Gasteiger partial charge in [0.1, 0.15) is 28.6 Å². The minimum atomic E-state index is -1.04. The Labute approximate surface area is 195 Å². The van der Waals surface area contributed by atoms with Crippen LogP contribution in [0, 0.1) is 0 Å². The predicted molar refractivity (Wildman–Crippen MR) is 122 cm³/mol. The van der Waals surface area contributed by atoms with Crippen molar-refractivity contribution in [2.45, 2.75) is 25.4 Å². The van der Waals surface area contributed by atoms with Crippen molar-refractivity contribution in [3.63, 3.8) is 0 Å². The smallest absolute Gasteiger partial charge is 0.257 e. The van der Waals surface area contributed by atoms with Gasteiger partial charge in [-0.3, -0.25) is 29.0 Å². The van der Waals surface area contributed by atoms with Crippen molar-refractivity contribution in [1.29, 1.82) is 0 Å². The van der Waals surface area contributed by atoms with Gasteiger partial charge in [0.15, 0.2) is 12.0 Å². The summed E-state index contributed by atoms with van der Waals surface area (Å²) in [7, 11) is 3.54. The number of halogens is 2. The monoisotopic (exact) mass is 478 g/mol. The molecule has 2 N–H and O–H groups in total. The van der Waals surface area contributed by atoms with Crippen molar-refractivity contribution >= 4 is 12.2 Å². The van der Waals surface area contributed by atoms with E-state index in [9.17, 15) is 28.3 Å². The van der Waals surface area contributed by atoms with E-state index >= 15 is 0 Å². The van der Waals surface area contributed by atoms with Gasteiger partial charge in [-0.1, -0.05) is 13.0 Å². The molecule has 184 valence electrons. The number of aromatic hydroxyl groups is 1. The molecule has 9 nitrogen and oxygen atoms in total. The zero-order valence-electron chi connectivity index (χ0n) is 19.3. The molecule has 11 heteroatoms. The summed E-state index contributed by atoms with van der Waals surface area (Å²) >= 11 is 0. The first-order valence-corrected chi connectivity index (χ1v) is 10.8. The highest BCUT2D eigenvalue weighted by atomic mass is 19.1.